The molecule has 0 aliphatic carbocycles. The maximum atomic E-state index is 12.2. The molecular weight excluding hydrogens is 316 g/mol. The highest BCUT2D eigenvalue weighted by Gasteiger charge is 2.12. The van der Waals surface area contributed by atoms with Crippen molar-refractivity contribution in [2.24, 2.45) is 0 Å². The summed E-state index contributed by atoms with van der Waals surface area (Å²) in [6.07, 6.45) is 0. The minimum Gasteiger partial charge on any atom is -0.872 e. The van der Waals surface area contributed by atoms with Crippen LogP contribution in [0.2, 0.25) is 0 Å². The second kappa shape index (κ2) is 7.32. The molecule has 0 spiro atoms. The maximum absolute atomic E-state index is 12.2. The van der Waals surface area contributed by atoms with Crippen molar-refractivity contribution >= 4 is 11.6 Å². The molecule has 0 saturated heterocycles. The molecule has 0 atom stereocenters. The van der Waals surface area contributed by atoms with Crippen LogP contribution in [0.25, 0.3) is 0 Å². The monoisotopic (exact) mass is 331 g/mol. The zero-order valence-corrected chi connectivity index (χ0v) is 13.1. The van der Waals surface area contributed by atoms with E-state index in [-0.39, 0.29) is 23.5 Å². The van der Waals surface area contributed by atoms with Crippen LogP contribution in [0.3, 0.4) is 0 Å². The van der Waals surface area contributed by atoms with Gasteiger partial charge in [-0.2, -0.15) is 0 Å². The SMILES string of the molecule is COc1ccc(C(=O)NCc2cc([N+](=O)[O-])ccc2[O-])cc1OC. The number of nitrogens with one attached hydrogen (secondary N) is 1. The number of carbonyl (C=O) groups is 1. The lowest BCUT2D eigenvalue weighted by molar-refractivity contribution is -0.385. The summed E-state index contributed by atoms with van der Waals surface area (Å²) < 4.78 is 10.2. The van der Waals surface area contributed by atoms with E-state index >= 15 is 0 Å². The topological polar surface area (TPSA) is 114 Å². The highest BCUT2D eigenvalue weighted by atomic mass is 16.6. The summed E-state index contributed by atoms with van der Waals surface area (Å²) in [5.41, 5.74) is 0.244. The molecule has 0 saturated carbocycles. The molecule has 0 radical (unpaired) electrons. The van der Waals surface area contributed by atoms with E-state index in [1.54, 1.807) is 12.1 Å². The Hall–Kier alpha value is -3.29. The van der Waals surface area contributed by atoms with Gasteiger partial charge < -0.3 is 19.9 Å². The van der Waals surface area contributed by atoms with Gasteiger partial charge in [0.1, 0.15) is 0 Å². The van der Waals surface area contributed by atoms with Crippen molar-refractivity contribution in [2.75, 3.05) is 14.2 Å². The Balaban J connectivity index is 2.13. The van der Waals surface area contributed by atoms with E-state index in [9.17, 15) is 20.0 Å². The molecule has 8 nitrogen and oxygen atoms in total. The third-order valence-corrected chi connectivity index (χ3v) is 3.34. The minimum absolute atomic E-state index is 0.117. The Morgan fingerprint density at radius 3 is 2.46 bits per heavy atom. The standard InChI is InChI=1S/C16H16N2O6/c1-23-14-6-3-10(8-15(14)24-2)16(20)17-9-11-7-12(18(21)22)4-5-13(11)19/h3-8,19H,9H2,1-2H3,(H,17,20)/p-1. The molecule has 0 unspecified atom stereocenters. The summed E-state index contributed by atoms with van der Waals surface area (Å²) in [6, 6.07) is 8.01. The van der Waals surface area contributed by atoms with Crippen LogP contribution >= 0.6 is 0 Å². The maximum Gasteiger partial charge on any atom is 0.269 e. The Morgan fingerprint density at radius 1 is 1.12 bits per heavy atom. The predicted octanol–water partition coefficient (Wildman–Crippen LogP) is 1.62. The third-order valence-electron chi connectivity index (χ3n) is 3.34. The molecule has 24 heavy (non-hydrogen) atoms. The van der Waals surface area contributed by atoms with Crippen molar-refractivity contribution in [1.29, 1.82) is 0 Å². The number of non-ortho nitro benzene ring substituents is 1. The molecule has 0 aliphatic rings. The van der Waals surface area contributed by atoms with Crippen LogP contribution in [-0.4, -0.2) is 25.1 Å². The molecule has 0 aromatic heterocycles. The van der Waals surface area contributed by atoms with Gasteiger partial charge in [0.15, 0.2) is 11.5 Å². The number of carbonyl (C=O) groups excluding carboxylic acids is 1. The molecule has 126 valence electrons. The van der Waals surface area contributed by atoms with Crippen LogP contribution in [0.5, 0.6) is 17.2 Å². The van der Waals surface area contributed by atoms with E-state index in [1.165, 1.54) is 20.3 Å². The van der Waals surface area contributed by atoms with Crippen LogP contribution in [0, 0.1) is 10.1 Å². The average Bonchev–Trinajstić information content (AvgIpc) is 2.59. The lowest BCUT2D eigenvalue weighted by Gasteiger charge is -2.14. The number of nitrogens with zero attached hydrogens (tertiary/aromatic N) is 1. The predicted molar refractivity (Wildman–Crippen MR) is 83.3 cm³/mol. The average molecular weight is 331 g/mol. The van der Waals surface area contributed by atoms with E-state index in [4.69, 9.17) is 9.47 Å². The highest BCUT2D eigenvalue weighted by molar-refractivity contribution is 5.94. The van der Waals surface area contributed by atoms with Crippen molar-refractivity contribution in [3.05, 3.63) is 57.6 Å². The van der Waals surface area contributed by atoms with E-state index in [0.717, 1.165) is 18.2 Å². The van der Waals surface area contributed by atoms with Crippen molar-refractivity contribution in [1.82, 2.24) is 5.32 Å². The number of amides is 1. The van der Waals surface area contributed by atoms with Crippen LogP contribution in [0.4, 0.5) is 5.69 Å². The summed E-state index contributed by atoms with van der Waals surface area (Å²) in [6.45, 7) is -0.117. The molecule has 0 bridgehead atoms. The Morgan fingerprint density at radius 2 is 1.83 bits per heavy atom. The number of hydrogen-bond acceptors (Lipinski definition) is 6. The molecule has 0 heterocycles. The summed E-state index contributed by atoms with van der Waals surface area (Å²) in [7, 11) is 2.93. The molecule has 1 amide bonds. The molecule has 1 N–H and O–H groups in total. The second-order valence-electron chi connectivity index (χ2n) is 4.80. The largest absolute Gasteiger partial charge is 0.872 e. The smallest absolute Gasteiger partial charge is 0.269 e. The summed E-state index contributed by atoms with van der Waals surface area (Å²) in [4.78, 5) is 22.3. The lowest BCUT2D eigenvalue weighted by atomic mass is 10.1. The van der Waals surface area contributed by atoms with Gasteiger partial charge in [-0.15, -0.1) is 5.75 Å². The number of benzene rings is 2. The third kappa shape index (κ3) is 3.72. The molecule has 0 fully saturated rings. The lowest BCUT2D eigenvalue weighted by Crippen LogP contribution is -2.23. The van der Waals surface area contributed by atoms with Crippen LogP contribution in [0.1, 0.15) is 15.9 Å². The minimum atomic E-state index is -0.598. The van der Waals surface area contributed by atoms with Crippen molar-refractivity contribution in [2.45, 2.75) is 6.54 Å². The van der Waals surface area contributed by atoms with Gasteiger partial charge in [-0.25, -0.2) is 0 Å². The summed E-state index contributed by atoms with van der Waals surface area (Å²) in [5, 5.41) is 25.0. The Bertz CT molecular complexity index is 775. The Labute approximate surface area is 137 Å². The second-order valence-corrected chi connectivity index (χ2v) is 4.80. The van der Waals surface area contributed by atoms with Crippen molar-refractivity contribution in [3.63, 3.8) is 0 Å². The van der Waals surface area contributed by atoms with Gasteiger partial charge in [0.05, 0.1) is 19.1 Å². The fraction of sp³-hybridized carbons (Fsp3) is 0.188. The molecule has 8 heteroatoms. The first-order valence-electron chi connectivity index (χ1n) is 6.90. The quantitative estimate of drug-likeness (QED) is 0.635. The summed E-state index contributed by atoms with van der Waals surface area (Å²) >= 11 is 0. The number of rotatable bonds is 6. The number of hydrogen-bond donors (Lipinski definition) is 1. The van der Waals surface area contributed by atoms with Gasteiger partial charge in [0, 0.05) is 24.2 Å². The van der Waals surface area contributed by atoms with Crippen molar-refractivity contribution in [3.8, 4) is 17.2 Å². The number of nitro groups is 1. The first-order valence-corrected chi connectivity index (χ1v) is 6.90. The van der Waals surface area contributed by atoms with Crippen LogP contribution in [0.15, 0.2) is 36.4 Å². The van der Waals surface area contributed by atoms with Gasteiger partial charge in [-0.05, 0) is 23.8 Å². The first kappa shape index (κ1) is 17.1. The van der Waals surface area contributed by atoms with Gasteiger partial charge in [-0.3, -0.25) is 14.9 Å². The number of nitro benzene ring substituents is 1. The Kier molecular flexibility index (Phi) is 5.20. The first-order chi connectivity index (χ1) is 11.5. The number of ether oxygens (including phenoxy) is 2. The molecule has 2 aromatic rings. The number of methoxy groups -OCH3 is 2. The summed E-state index contributed by atoms with van der Waals surface area (Å²) in [5.74, 6) is 0.0506. The van der Waals surface area contributed by atoms with E-state index in [1.807, 2.05) is 0 Å². The van der Waals surface area contributed by atoms with Gasteiger partial charge >= 0.3 is 0 Å². The van der Waals surface area contributed by atoms with E-state index < -0.39 is 10.8 Å². The van der Waals surface area contributed by atoms with Gasteiger partial charge in [-0.1, -0.05) is 6.07 Å². The fourth-order valence-electron chi connectivity index (χ4n) is 2.07. The van der Waals surface area contributed by atoms with Crippen LogP contribution < -0.4 is 19.9 Å². The molecule has 2 rings (SSSR count). The van der Waals surface area contributed by atoms with E-state index in [0.29, 0.717) is 17.1 Å². The zero-order valence-electron chi connectivity index (χ0n) is 13.1. The molecular formula is C16H15N2O6-. The molecule has 2 aromatic carbocycles. The van der Waals surface area contributed by atoms with Gasteiger partial charge in [0.25, 0.3) is 11.6 Å². The zero-order chi connectivity index (χ0) is 17.7. The van der Waals surface area contributed by atoms with Crippen LogP contribution in [-0.2, 0) is 6.54 Å². The van der Waals surface area contributed by atoms with E-state index in [2.05, 4.69) is 5.32 Å². The van der Waals surface area contributed by atoms with Crippen molar-refractivity contribution < 1.29 is 24.3 Å². The molecule has 0 aliphatic heterocycles. The normalized spacial score (nSPS) is 10.1. The highest BCUT2D eigenvalue weighted by Crippen LogP contribution is 2.27. The van der Waals surface area contributed by atoms with Gasteiger partial charge in [0.2, 0.25) is 0 Å². The fourth-order valence-corrected chi connectivity index (χ4v) is 2.07.